The van der Waals surface area contributed by atoms with E-state index in [-0.39, 0.29) is 12.2 Å². The van der Waals surface area contributed by atoms with Crippen molar-refractivity contribution in [2.45, 2.75) is 25.7 Å². The lowest BCUT2D eigenvalue weighted by Crippen LogP contribution is -2.00. The molecule has 0 unspecified atom stereocenters. The second-order valence-corrected chi connectivity index (χ2v) is 5.24. The topological polar surface area (TPSA) is 70.2 Å². The first-order valence-electron chi connectivity index (χ1n) is 6.10. The Morgan fingerprint density at radius 2 is 1.95 bits per heavy atom. The summed E-state index contributed by atoms with van der Waals surface area (Å²) in [4.78, 5) is 25.6. The molecule has 0 saturated carbocycles. The maximum absolute atomic E-state index is 12.1. The van der Waals surface area contributed by atoms with Crippen molar-refractivity contribution < 1.29 is 14.7 Å². The molecule has 2 aromatic rings. The van der Waals surface area contributed by atoms with Crippen LogP contribution in [0.4, 0.5) is 0 Å². The lowest BCUT2D eigenvalue weighted by Gasteiger charge is -2.01. The molecular weight excluding hydrogens is 310 g/mol. The molecule has 0 aliphatic carbocycles. The number of Topliss-reactive ketones (excluding diaryl/α,β-unsaturated/α-hetero) is 1. The van der Waals surface area contributed by atoms with Crippen LogP contribution in [-0.4, -0.2) is 21.8 Å². The fraction of sp³-hybridized carbons (Fsp3) is 0.286. The molecule has 1 aromatic carbocycles. The predicted octanol–water partition coefficient (Wildman–Crippen LogP) is 3.76. The third-order valence-corrected chi connectivity index (χ3v) is 3.66. The van der Waals surface area contributed by atoms with Crippen molar-refractivity contribution in [1.29, 1.82) is 0 Å². The van der Waals surface area contributed by atoms with Crippen molar-refractivity contribution in [2.75, 3.05) is 0 Å². The van der Waals surface area contributed by atoms with Gasteiger partial charge >= 0.3 is 5.97 Å². The zero-order chi connectivity index (χ0) is 13.8. The average molecular weight is 324 g/mol. The van der Waals surface area contributed by atoms with Crippen LogP contribution in [0.5, 0.6) is 0 Å². The molecule has 19 heavy (non-hydrogen) atoms. The number of ketones is 1. The van der Waals surface area contributed by atoms with Crippen LogP contribution in [0, 0.1) is 0 Å². The molecule has 0 bridgehead atoms. The number of unbranched alkanes of at least 4 members (excludes halogenated alkanes) is 1. The zero-order valence-electron chi connectivity index (χ0n) is 10.3. The summed E-state index contributed by atoms with van der Waals surface area (Å²) in [6, 6.07) is 5.72. The molecule has 0 atom stereocenters. The van der Waals surface area contributed by atoms with Crippen molar-refractivity contribution >= 4 is 38.6 Å². The number of hydrogen-bond donors (Lipinski definition) is 2. The van der Waals surface area contributed by atoms with Crippen LogP contribution < -0.4 is 0 Å². The third kappa shape index (κ3) is 3.23. The van der Waals surface area contributed by atoms with Gasteiger partial charge in [0.05, 0.1) is 0 Å². The number of carboxylic acid groups (broad SMARTS) is 1. The highest BCUT2D eigenvalue weighted by atomic mass is 79.9. The van der Waals surface area contributed by atoms with E-state index < -0.39 is 5.97 Å². The Morgan fingerprint density at radius 1 is 1.21 bits per heavy atom. The number of rotatable bonds is 6. The van der Waals surface area contributed by atoms with Crippen LogP contribution in [-0.2, 0) is 4.79 Å². The van der Waals surface area contributed by atoms with E-state index in [4.69, 9.17) is 5.11 Å². The molecule has 1 heterocycles. The Balaban J connectivity index is 2.07. The highest BCUT2D eigenvalue weighted by Crippen LogP contribution is 2.28. The third-order valence-electron chi connectivity index (χ3n) is 3.00. The first-order chi connectivity index (χ1) is 9.09. The molecule has 0 saturated heterocycles. The number of carboxylic acids is 1. The van der Waals surface area contributed by atoms with Gasteiger partial charge in [-0.3, -0.25) is 9.59 Å². The van der Waals surface area contributed by atoms with E-state index in [1.807, 2.05) is 18.2 Å². The molecule has 5 heteroatoms. The molecule has 2 N–H and O–H groups in total. The number of carbonyl (C=O) groups excluding carboxylic acids is 1. The second-order valence-electron chi connectivity index (χ2n) is 4.39. The summed E-state index contributed by atoms with van der Waals surface area (Å²) in [5, 5.41) is 9.44. The average Bonchev–Trinajstić information content (AvgIpc) is 2.79. The molecule has 4 nitrogen and oxygen atoms in total. The number of H-pyrrole nitrogens is 1. The Hall–Kier alpha value is -1.62. The van der Waals surface area contributed by atoms with Gasteiger partial charge in [0.15, 0.2) is 5.78 Å². The van der Waals surface area contributed by atoms with Gasteiger partial charge in [-0.2, -0.15) is 0 Å². The number of aromatic nitrogens is 1. The molecule has 100 valence electrons. The minimum atomic E-state index is -0.817. The van der Waals surface area contributed by atoms with E-state index in [0.717, 1.165) is 15.4 Å². The predicted molar refractivity (Wildman–Crippen MR) is 76.4 cm³/mol. The monoisotopic (exact) mass is 323 g/mol. The molecule has 1 aromatic heterocycles. The maximum atomic E-state index is 12.1. The van der Waals surface area contributed by atoms with E-state index >= 15 is 0 Å². The van der Waals surface area contributed by atoms with Gasteiger partial charge in [-0.15, -0.1) is 0 Å². The molecule has 0 aliphatic heterocycles. The fourth-order valence-electron chi connectivity index (χ4n) is 2.06. The Kier molecular flexibility index (Phi) is 4.37. The van der Waals surface area contributed by atoms with Crippen LogP contribution in [0.15, 0.2) is 28.9 Å². The van der Waals surface area contributed by atoms with Crippen molar-refractivity contribution in [3.05, 3.63) is 34.4 Å². The van der Waals surface area contributed by atoms with E-state index in [1.54, 1.807) is 6.20 Å². The number of benzene rings is 1. The summed E-state index contributed by atoms with van der Waals surface area (Å²) in [5.74, 6) is -0.772. The Morgan fingerprint density at radius 3 is 2.68 bits per heavy atom. The van der Waals surface area contributed by atoms with Crippen LogP contribution >= 0.6 is 15.9 Å². The highest BCUT2D eigenvalue weighted by Gasteiger charge is 2.13. The highest BCUT2D eigenvalue weighted by molar-refractivity contribution is 9.10. The maximum Gasteiger partial charge on any atom is 0.303 e. The largest absolute Gasteiger partial charge is 0.481 e. The van der Waals surface area contributed by atoms with Crippen LogP contribution in [0.1, 0.15) is 36.0 Å². The van der Waals surface area contributed by atoms with Gasteiger partial charge < -0.3 is 10.1 Å². The molecule has 0 fully saturated rings. The summed E-state index contributed by atoms with van der Waals surface area (Å²) in [5.41, 5.74) is 1.58. The molecule has 0 aliphatic rings. The lowest BCUT2D eigenvalue weighted by molar-refractivity contribution is -0.137. The number of aliphatic carboxylic acids is 1. The van der Waals surface area contributed by atoms with Gasteiger partial charge in [-0.1, -0.05) is 22.0 Å². The van der Waals surface area contributed by atoms with Gasteiger partial charge in [0.2, 0.25) is 0 Å². The van der Waals surface area contributed by atoms with Crippen LogP contribution in [0.3, 0.4) is 0 Å². The molecule has 0 spiro atoms. The summed E-state index contributed by atoms with van der Waals surface area (Å²) in [7, 11) is 0. The van der Waals surface area contributed by atoms with Crippen molar-refractivity contribution in [2.24, 2.45) is 0 Å². The minimum absolute atomic E-state index is 0.0449. The quantitative estimate of drug-likeness (QED) is 0.628. The van der Waals surface area contributed by atoms with E-state index in [9.17, 15) is 9.59 Å². The van der Waals surface area contributed by atoms with Gasteiger partial charge in [-0.05, 0) is 25.0 Å². The number of halogens is 1. The molecular formula is C14H14BrNO3. The smallest absolute Gasteiger partial charge is 0.303 e. The summed E-state index contributed by atoms with van der Waals surface area (Å²) in [6.45, 7) is 0. The molecule has 0 radical (unpaired) electrons. The number of carbonyl (C=O) groups is 2. The Bertz CT molecular complexity index is 618. The summed E-state index contributed by atoms with van der Waals surface area (Å²) < 4.78 is 0.889. The second kappa shape index (κ2) is 6.02. The number of nitrogens with one attached hydrogen (secondary N) is 1. The summed E-state index contributed by atoms with van der Waals surface area (Å²) >= 11 is 3.45. The fourth-order valence-corrected chi connectivity index (χ4v) is 2.64. The number of aromatic amines is 1. The van der Waals surface area contributed by atoms with E-state index in [1.165, 1.54) is 0 Å². The minimum Gasteiger partial charge on any atom is -0.481 e. The SMILES string of the molecule is O=C(O)CCCCC(=O)c1c[nH]c2cccc(Br)c12. The van der Waals surface area contributed by atoms with E-state index in [2.05, 4.69) is 20.9 Å². The van der Waals surface area contributed by atoms with Crippen LogP contribution in [0.25, 0.3) is 10.9 Å². The van der Waals surface area contributed by atoms with Gasteiger partial charge in [0.1, 0.15) is 0 Å². The normalized spacial score (nSPS) is 10.8. The summed E-state index contributed by atoms with van der Waals surface area (Å²) in [6.07, 6.45) is 3.34. The standard InChI is InChI=1S/C14H14BrNO3/c15-10-4-3-5-11-14(10)9(8-16-11)12(17)6-1-2-7-13(18)19/h3-5,8,16H,1-2,6-7H2,(H,18,19). The van der Waals surface area contributed by atoms with Gasteiger partial charge in [0.25, 0.3) is 0 Å². The van der Waals surface area contributed by atoms with Gasteiger partial charge in [-0.25, -0.2) is 0 Å². The zero-order valence-corrected chi connectivity index (χ0v) is 11.9. The Labute approximate surface area is 118 Å². The number of fused-ring (bicyclic) bond motifs is 1. The van der Waals surface area contributed by atoms with Crippen molar-refractivity contribution in [1.82, 2.24) is 4.98 Å². The first-order valence-corrected chi connectivity index (χ1v) is 6.89. The van der Waals surface area contributed by atoms with Crippen LogP contribution in [0.2, 0.25) is 0 Å². The van der Waals surface area contributed by atoms with Gasteiger partial charge in [0, 0.05) is 40.0 Å². The molecule has 0 amide bonds. The lowest BCUT2D eigenvalue weighted by atomic mass is 10.0. The molecule has 2 rings (SSSR count). The van der Waals surface area contributed by atoms with Crippen molar-refractivity contribution in [3.63, 3.8) is 0 Å². The number of hydrogen-bond acceptors (Lipinski definition) is 2. The van der Waals surface area contributed by atoms with E-state index in [0.29, 0.717) is 24.8 Å². The van der Waals surface area contributed by atoms with Crippen molar-refractivity contribution in [3.8, 4) is 0 Å². The first kappa shape index (κ1) is 13.8.